The maximum atomic E-state index is 13.7. The second kappa shape index (κ2) is 19.0. The molecule has 1 nitrogen and oxygen atoms in total. The van der Waals surface area contributed by atoms with Crippen molar-refractivity contribution in [3.8, 4) is 5.75 Å². The number of aryl methyl sites for hydroxylation is 2. The lowest BCUT2D eigenvalue weighted by Gasteiger charge is -2.37. The largest absolute Gasteiger partial charge is 0.573 e. The highest BCUT2D eigenvalue weighted by Gasteiger charge is 2.38. The SMILES string of the molecule is CC1CCC(C2CCC(CCc3cc(F)c(C(F)(F)F)c(F)c3)CC2)CC1.CC1CCC(C2CCC(CCc3ccc(OC(F)(F)F)cc3)CC2)CC1. The summed E-state index contributed by atoms with van der Waals surface area (Å²) in [5.74, 6) is 3.51. The minimum Gasteiger partial charge on any atom is -0.406 e. The molecule has 4 fully saturated rings. The minimum atomic E-state index is -5.00. The Kier molecular flexibility index (Phi) is 15.0. The van der Waals surface area contributed by atoms with E-state index < -0.39 is 29.7 Å². The first kappa shape index (κ1) is 41.8. The number of halogens is 8. The van der Waals surface area contributed by atoms with Crippen LogP contribution in [-0.2, 0) is 19.0 Å². The molecule has 0 aliphatic heterocycles. The van der Waals surface area contributed by atoms with E-state index in [-0.39, 0.29) is 5.75 Å². The predicted octanol–water partition coefficient (Wildman–Crippen LogP) is 14.7. The molecule has 0 radical (unpaired) electrons. The van der Waals surface area contributed by atoms with Gasteiger partial charge in [0, 0.05) is 0 Å². The number of alkyl halides is 6. The van der Waals surface area contributed by atoms with Crippen molar-refractivity contribution in [2.24, 2.45) is 47.3 Å². The van der Waals surface area contributed by atoms with Crippen LogP contribution < -0.4 is 4.74 Å². The van der Waals surface area contributed by atoms with Crippen LogP contribution in [0.1, 0.15) is 146 Å². The molecule has 0 heterocycles. The Morgan fingerprint density at radius 2 is 0.868 bits per heavy atom. The number of rotatable bonds is 9. The average Bonchev–Trinajstić information content (AvgIpc) is 3.10. The molecule has 0 N–H and O–H groups in total. The second-order valence-corrected chi connectivity index (χ2v) is 17.3. The summed E-state index contributed by atoms with van der Waals surface area (Å²) in [5, 5.41) is 0. The third kappa shape index (κ3) is 13.1. The second-order valence-electron chi connectivity index (χ2n) is 17.3. The van der Waals surface area contributed by atoms with Crippen molar-refractivity contribution in [3.63, 3.8) is 0 Å². The summed E-state index contributed by atoms with van der Waals surface area (Å²) in [7, 11) is 0. The molecular weight excluding hydrogens is 696 g/mol. The zero-order chi connectivity index (χ0) is 38.2. The van der Waals surface area contributed by atoms with E-state index in [1.165, 1.54) is 102 Å². The fraction of sp³-hybridized carbons (Fsp3) is 0.727. The van der Waals surface area contributed by atoms with Crippen LogP contribution in [0.4, 0.5) is 35.1 Å². The van der Waals surface area contributed by atoms with Gasteiger partial charge in [0.1, 0.15) is 22.9 Å². The molecule has 2 aromatic rings. The number of hydrogen-bond acceptors (Lipinski definition) is 1. The van der Waals surface area contributed by atoms with Crippen LogP contribution in [0.5, 0.6) is 5.75 Å². The molecule has 0 unspecified atom stereocenters. The van der Waals surface area contributed by atoms with Gasteiger partial charge in [-0.25, -0.2) is 8.78 Å². The molecule has 4 saturated carbocycles. The summed E-state index contributed by atoms with van der Waals surface area (Å²) >= 11 is 0. The van der Waals surface area contributed by atoms with Gasteiger partial charge in [0.05, 0.1) is 0 Å². The van der Waals surface area contributed by atoms with E-state index in [4.69, 9.17) is 0 Å². The van der Waals surface area contributed by atoms with Crippen molar-refractivity contribution in [1.29, 1.82) is 0 Å². The quantitative estimate of drug-likeness (QED) is 0.232. The van der Waals surface area contributed by atoms with E-state index in [0.29, 0.717) is 17.9 Å². The topological polar surface area (TPSA) is 9.23 Å². The maximum Gasteiger partial charge on any atom is 0.573 e. The third-order valence-corrected chi connectivity index (χ3v) is 13.5. The van der Waals surface area contributed by atoms with Crippen molar-refractivity contribution >= 4 is 0 Å². The molecule has 298 valence electrons. The standard InChI is InChI=1S/C22H29F5.C22H31F3O/c1-14-2-8-17(9-3-14)18-10-6-15(7-11-18)4-5-16-12-19(23)21(20(24)13-16)22(25,26)27;1-16-2-10-19(11-3-16)20-12-6-17(7-13-20)4-5-18-8-14-21(15-9-18)26-22(23,24)25/h12-15,17-18H,2-11H2,1H3;8-9,14-17,19-20H,2-7,10-13H2,1H3. The lowest BCUT2D eigenvalue weighted by atomic mass is 9.69. The van der Waals surface area contributed by atoms with Gasteiger partial charge in [0.2, 0.25) is 0 Å². The van der Waals surface area contributed by atoms with Gasteiger partial charge in [-0.05, 0) is 160 Å². The highest BCUT2D eigenvalue weighted by Crippen LogP contribution is 2.44. The zero-order valence-electron chi connectivity index (χ0n) is 31.7. The molecule has 0 atom stereocenters. The molecule has 6 rings (SSSR count). The lowest BCUT2D eigenvalue weighted by molar-refractivity contribution is -0.274. The molecule has 2 aromatic carbocycles. The molecule has 53 heavy (non-hydrogen) atoms. The van der Waals surface area contributed by atoms with Crippen LogP contribution in [0.25, 0.3) is 0 Å². The Balaban J connectivity index is 0.000000204. The van der Waals surface area contributed by atoms with Gasteiger partial charge >= 0.3 is 12.5 Å². The van der Waals surface area contributed by atoms with Crippen LogP contribution in [0.15, 0.2) is 36.4 Å². The molecular formula is C44H60F8O. The first-order valence-electron chi connectivity index (χ1n) is 20.5. The molecule has 0 saturated heterocycles. The van der Waals surface area contributed by atoms with Crippen molar-refractivity contribution < 1.29 is 39.9 Å². The van der Waals surface area contributed by atoms with E-state index in [1.54, 1.807) is 12.1 Å². The van der Waals surface area contributed by atoms with Crippen molar-refractivity contribution in [1.82, 2.24) is 0 Å². The van der Waals surface area contributed by atoms with Crippen LogP contribution in [-0.4, -0.2) is 6.36 Å². The van der Waals surface area contributed by atoms with Crippen molar-refractivity contribution in [2.45, 2.75) is 155 Å². The van der Waals surface area contributed by atoms with E-state index >= 15 is 0 Å². The van der Waals surface area contributed by atoms with Crippen molar-refractivity contribution in [3.05, 3.63) is 64.7 Å². The van der Waals surface area contributed by atoms with Gasteiger partial charge in [-0.2, -0.15) is 13.2 Å². The summed E-state index contributed by atoms with van der Waals surface area (Å²) in [6.45, 7) is 4.72. The summed E-state index contributed by atoms with van der Waals surface area (Å²) in [6, 6.07) is 8.06. The highest BCUT2D eigenvalue weighted by molar-refractivity contribution is 5.29. The highest BCUT2D eigenvalue weighted by atomic mass is 19.4. The normalized spacial score (nSPS) is 29.9. The summed E-state index contributed by atoms with van der Waals surface area (Å²) < 4.78 is 106. The fourth-order valence-corrected chi connectivity index (χ4v) is 10.1. The van der Waals surface area contributed by atoms with E-state index in [2.05, 4.69) is 18.6 Å². The smallest absolute Gasteiger partial charge is 0.406 e. The van der Waals surface area contributed by atoms with Crippen molar-refractivity contribution in [2.75, 3.05) is 0 Å². The van der Waals surface area contributed by atoms with E-state index in [1.807, 2.05) is 0 Å². The van der Waals surface area contributed by atoms with E-state index in [0.717, 1.165) is 91.2 Å². The van der Waals surface area contributed by atoms with Crippen LogP contribution in [0, 0.1) is 59.0 Å². The monoisotopic (exact) mass is 756 g/mol. The predicted molar refractivity (Wildman–Crippen MR) is 194 cm³/mol. The van der Waals surface area contributed by atoms with E-state index in [9.17, 15) is 35.1 Å². The van der Waals surface area contributed by atoms with Gasteiger partial charge in [-0.1, -0.05) is 77.3 Å². The molecule has 0 spiro atoms. The van der Waals surface area contributed by atoms with Gasteiger partial charge in [0.25, 0.3) is 0 Å². The van der Waals surface area contributed by atoms with Crippen LogP contribution >= 0.6 is 0 Å². The molecule has 4 aliphatic rings. The first-order valence-corrected chi connectivity index (χ1v) is 20.5. The average molecular weight is 757 g/mol. The molecule has 0 bridgehead atoms. The first-order chi connectivity index (χ1) is 25.1. The molecule has 9 heteroatoms. The lowest BCUT2D eigenvalue weighted by Crippen LogP contribution is -2.25. The van der Waals surface area contributed by atoms with Gasteiger partial charge in [-0.15, -0.1) is 13.2 Å². The third-order valence-electron chi connectivity index (χ3n) is 13.5. The Morgan fingerprint density at radius 3 is 1.23 bits per heavy atom. The van der Waals surface area contributed by atoms with Gasteiger partial charge in [0.15, 0.2) is 0 Å². The zero-order valence-corrected chi connectivity index (χ0v) is 31.7. The maximum absolute atomic E-state index is 13.7. The molecule has 0 aromatic heterocycles. The van der Waals surface area contributed by atoms with Crippen LogP contribution in [0.3, 0.4) is 0 Å². The summed E-state index contributed by atoms with van der Waals surface area (Å²) in [6.07, 6.45) is 14.9. The van der Waals surface area contributed by atoms with Gasteiger partial charge < -0.3 is 4.74 Å². The number of benzene rings is 2. The summed E-state index contributed by atoms with van der Waals surface area (Å²) in [4.78, 5) is 0. The van der Waals surface area contributed by atoms with Gasteiger partial charge in [-0.3, -0.25) is 0 Å². The Labute approximate surface area is 312 Å². The number of hydrogen-bond donors (Lipinski definition) is 0. The Bertz CT molecular complexity index is 1350. The number of ether oxygens (including phenoxy) is 1. The molecule has 0 amide bonds. The van der Waals surface area contributed by atoms with Crippen LogP contribution in [0.2, 0.25) is 0 Å². The fourth-order valence-electron chi connectivity index (χ4n) is 10.1. The Hall–Kier alpha value is -2.32. The molecule has 4 aliphatic carbocycles. The minimum absolute atomic E-state index is 0.136. The Morgan fingerprint density at radius 1 is 0.509 bits per heavy atom. The summed E-state index contributed by atoms with van der Waals surface area (Å²) in [5.41, 5.74) is -0.363.